The molecule has 0 aliphatic carbocycles. The van der Waals surface area contributed by atoms with Crippen LogP contribution in [0.2, 0.25) is 0 Å². The van der Waals surface area contributed by atoms with Crippen molar-refractivity contribution in [3.05, 3.63) is 45.7 Å². The number of nitrogens with two attached hydrogens (primary N) is 1. The van der Waals surface area contributed by atoms with Crippen molar-refractivity contribution >= 4 is 16.8 Å². The Morgan fingerprint density at radius 2 is 2.23 bits per heavy atom. The largest absolute Gasteiger partial charge is 0.369 e. The number of rotatable bonds is 3. The molecule has 5 nitrogen and oxygen atoms in total. The summed E-state index contributed by atoms with van der Waals surface area (Å²) < 4.78 is 0. The Kier molecular flexibility index (Phi) is 3.98. The topological polar surface area (TPSA) is 79.2 Å². The maximum atomic E-state index is 12.3. The molecule has 0 spiro atoms. The fourth-order valence-electron chi connectivity index (χ4n) is 3.15. The van der Waals surface area contributed by atoms with E-state index in [0.717, 1.165) is 41.4 Å². The van der Waals surface area contributed by atoms with Crippen LogP contribution in [0.4, 0.5) is 0 Å². The molecule has 5 heteroatoms. The number of aromatic amines is 1. The standard InChI is InChI=1S/C17H21N3O2/c1-11-4-5-12-8-14(17(22)19-15(12)7-11)10-20-6-2-3-13(9-20)16(18)21/h4-5,7-8,13H,2-3,6,9-10H2,1H3,(H2,18,21)(H,19,22). The highest BCUT2D eigenvalue weighted by Crippen LogP contribution is 2.19. The molecule has 1 aromatic heterocycles. The number of carbonyl (C=O) groups is 1. The van der Waals surface area contributed by atoms with Crippen LogP contribution in [0.15, 0.2) is 29.1 Å². The molecule has 3 rings (SSSR count). The molecular weight excluding hydrogens is 278 g/mol. The summed E-state index contributed by atoms with van der Waals surface area (Å²) in [6, 6.07) is 7.98. The number of hydrogen-bond donors (Lipinski definition) is 2. The summed E-state index contributed by atoms with van der Waals surface area (Å²) in [5.74, 6) is -0.344. The fraction of sp³-hybridized carbons (Fsp3) is 0.412. The van der Waals surface area contributed by atoms with Crippen LogP contribution in [-0.2, 0) is 11.3 Å². The molecule has 116 valence electrons. The van der Waals surface area contributed by atoms with Crippen molar-refractivity contribution in [2.24, 2.45) is 11.7 Å². The highest BCUT2D eigenvalue weighted by atomic mass is 16.1. The summed E-state index contributed by atoms with van der Waals surface area (Å²) >= 11 is 0. The van der Waals surface area contributed by atoms with Gasteiger partial charge < -0.3 is 10.7 Å². The molecule has 2 heterocycles. The monoisotopic (exact) mass is 299 g/mol. The lowest BCUT2D eigenvalue weighted by atomic mass is 9.97. The van der Waals surface area contributed by atoms with Crippen LogP contribution in [0.25, 0.3) is 10.9 Å². The summed E-state index contributed by atoms with van der Waals surface area (Å²) in [6.07, 6.45) is 1.79. The second-order valence-electron chi connectivity index (χ2n) is 6.19. The molecule has 1 aliphatic rings. The Balaban J connectivity index is 1.84. The average Bonchev–Trinajstić information content (AvgIpc) is 2.48. The Bertz CT molecular complexity index is 766. The lowest BCUT2D eigenvalue weighted by Crippen LogP contribution is -2.41. The lowest BCUT2D eigenvalue weighted by molar-refractivity contribution is -0.123. The van der Waals surface area contributed by atoms with E-state index in [1.165, 1.54) is 0 Å². The van der Waals surface area contributed by atoms with E-state index in [-0.39, 0.29) is 17.4 Å². The van der Waals surface area contributed by atoms with Gasteiger partial charge in [0.2, 0.25) is 5.91 Å². The Hall–Kier alpha value is -2.14. The summed E-state index contributed by atoms with van der Waals surface area (Å²) in [5.41, 5.74) is 8.07. The van der Waals surface area contributed by atoms with Crippen LogP contribution < -0.4 is 11.3 Å². The first-order valence-electron chi connectivity index (χ1n) is 7.67. The van der Waals surface area contributed by atoms with Gasteiger partial charge in [0.25, 0.3) is 5.56 Å². The molecule has 1 aromatic carbocycles. The first kappa shape index (κ1) is 14.8. The molecule has 1 unspecified atom stereocenters. The zero-order valence-electron chi connectivity index (χ0n) is 12.8. The van der Waals surface area contributed by atoms with E-state index in [4.69, 9.17) is 5.73 Å². The predicted molar refractivity (Wildman–Crippen MR) is 86.5 cm³/mol. The van der Waals surface area contributed by atoms with E-state index in [1.54, 1.807) is 0 Å². The zero-order chi connectivity index (χ0) is 15.7. The summed E-state index contributed by atoms with van der Waals surface area (Å²) in [4.78, 5) is 28.7. The van der Waals surface area contributed by atoms with E-state index >= 15 is 0 Å². The minimum absolute atomic E-state index is 0.0562. The summed E-state index contributed by atoms with van der Waals surface area (Å²) in [7, 11) is 0. The van der Waals surface area contributed by atoms with Crippen molar-refractivity contribution in [3.63, 3.8) is 0 Å². The number of hydrogen-bond acceptors (Lipinski definition) is 3. The SMILES string of the molecule is Cc1ccc2cc(CN3CCCC(C(N)=O)C3)c(=O)[nH]c2c1. The van der Waals surface area contributed by atoms with E-state index in [9.17, 15) is 9.59 Å². The van der Waals surface area contributed by atoms with Gasteiger partial charge in [-0.2, -0.15) is 0 Å². The quantitative estimate of drug-likeness (QED) is 0.902. The van der Waals surface area contributed by atoms with Gasteiger partial charge in [0, 0.05) is 24.2 Å². The van der Waals surface area contributed by atoms with Gasteiger partial charge in [-0.05, 0) is 49.4 Å². The van der Waals surface area contributed by atoms with Gasteiger partial charge in [0.1, 0.15) is 0 Å². The van der Waals surface area contributed by atoms with Gasteiger partial charge in [-0.3, -0.25) is 14.5 Å². The van der Waals surface area contributed by atoms with Gasteiger partial charge in [-0.1, -0.05) is 12.1 Å². The van der Waals surface area contributed by atoms with Crippen molar-refractivity contribution < 1.29 is 4.79 Å². The van der Waals surface area contributed by atoms with E-state index in [0.29, 0.717) is 13.1 Å². The van der Waals surface area contributed by atoms with Gasteiger partial charge in [-0.15, -0.1) is 0 Å². The number of benzene rings is 1. The van der Waals surface area contributed by atoms with Gasteiger partial charge >= 0.3 is 0 Å². The van der Waals surface area contributed by atoms with E-state index in [2.05, 4.69) is 9.88 Å². The molecule has 0 saturated carbocycles. The first-order chi connectivity index (χ1) is 10.5. The molecule has 1 amide bonds. The van der Waals surface area contributed by atoms with Crippen LogP contribution in [0.1, 0.15) is 24.0 Å². The summed E-state index contributed by atoms with van der Waals surface area (Å²) in [5, 5.41) is 1.03. The number of nitrogens with zero attached hydrogens (tertiary/aromatic N) is 1. The normalized spacial score (nSPS) is 19.4. The highest BCUT2D eigenvalue weighted by Gasteiger charge is 2.24. The second-order valence-corrected chi connectivity index (χ2v) is 6.19. The number of nitrogens with one attached hydrogen (secondary N) is 1. The number of aryl methyl sites for hydroxylation is 1. The Morgan fingerprint density at radius 1 is 1.41 bits per heavy atom. The minimum Gasteiger partial charge on any atom is -0.369 e. The van der Waals surface area contributed by atoms with Crippen LogP contribution in [-0.4, -0.2) is 28.9 Å². The molecular formula is C17H21N3O2. The number of pyridine rings is 1. The van der Waals surface area contributed by atoms with Crippen LogP contribution in [0, 0.1) is 12.8 Å². The molecule has 1 saturated heterocycles. The van der Waals surface area contributed by atoms with Crippen LogP contribution in [0.5, 0.6) is 0 Å². The van der Waals surface area contributed by atoms with Crippen LogP contribution in [0.3, 0.4) is 0 Å². The van der Waals surface area contributed by atoms with Gasteiger partial charge in [0.15, 0.2) is 0 Å². The third kappa shape index (κ3) is 3.04. The number of amides is 1. The number of aromatic nitrogens is 1. The molecule has 22 heavy (non-hydrogen) atoms. The zero-order valence-corrected chi connectivity index (χ0v) is 12.8. The van der Waals surface area contributed by atoms with Crippen molar-refractivity contribution in [2.75, 3.05) is 13.1 Å². The molecule has 0 bridgehead atoms. The van der Waals surface area contributed by atoms with Gasteiger partial charge in [-0.25, -0.2) is 0 Å². The van der Waals surface area contributed by atoms with Gasteiger partial charge in [0.05, 0.1) is 5.92 Å². The third-order valence-corrected chi connectivity index (χ3v) is 4.38. The van der Waals surface area contributed by atoms with Crippen molar-refractivity contribution in [1.82, 2.24) is 9.88 Å². The molecule has 1 atom stereocenters. The lowest BCUT2D eigenvalue weighted by Gasteiger charge is -2.30. The predicted octanol–water partition coefficient (Wildman–Crippen LogP) is 1.53. The van der Waals surface area contributed by atoms with Crippen molar-refractivity contribution in [2.45, 2.75) is 26.3 Å². The third-order valence-electron chi connectivity index (χ3n) is 4.38. The minimum atomic E-state index is -0.243. The highest BCUT2D eigenvalue weighted by molar-refractivity contribution is 5.79. The molecule has 1 aliphatic heterocycles. The Labute approximate surface area is 129 Å². The van der Waals surface area contributed by atoms with Crippen LogP contribution >= 0.6 is 0 Å². The van der Waals surface area contributed by atoms with E-state index < -0.39 is 0 Å². The number of likely N-dealkylation sites (tertiary alicyclic amines) is 1. The first-order valence-corrected chi connectivity index (χ1v) is 7.67. The number of piperidine rings is 1. The Morgan fingerprint density at radius 3 is 3.00 bits per heavy atom. The smallest absolute Gasteiger partial charge is 0.252 e. The molecule has 2 aromatic rings. The number of carbonyl (C=O) groups excluding carboxylic acids is 1. The summed E-state index contributed by atoms with van der Waals surface area (Å²) in [6.45, 7) is 4.10. The molecule has 1 fully saturated rings. The maximum Gasteiger partial charge on any atom is 0.252 e. The van der Waals surface area contributed by atoms with E-state index in [1.807, 2.05) is 31.2 Å². The fourth-order valence-corrected chi connectivity index (χ4v) is 3.15. The van der Waals surface area contributed by atoms with Crippen molar-refractivity contribution in [1.29, 1.82) is 0 Å². The van der Waals surface area contributed by atoms with Crippen molar-refractivity contribution in [3.8, 4) is 0 Å². The molecule has 0 radical (unpaired) electrons. The number of primary amides is 1. The number of fused-ring (bicyclic) bond motifs is 1. The average molecular weight is 299 g/mol. The maximum absolute atomic E-state index is 12.3. The number of H-pyrrole nitrogens is 1. The molecule has 3 N–H and O–H groups in total. The second kappa shape index (κ2) is 5.93.